The molecule has 2 aliphatic heterocycles. The van der Waals surface area contributed by atoms with Crippen molar-refractivity contribution in [2.75, 3.05) is 18.6 Å². The molecule has 0 N–H and O–H groups in total. The van der Waals surface area contributed by atoms with Gasteiger partial charge >= 0.3 is 5.97 Å². The van der Waals surface area contributed by atoms with E-state index in [1.54, 1.807) is 7.11 Å². The monoisotopic (exact) mass is 401 g/mol. The molecule has 3 aliphatic rings. The summed E-state index contributed by atoms with van der Waals surface area (Å²) in [6.07, 6.45) is 2.12. The molecular weight excluding hydrogens is 378 g/mol. The maximum absolute atomic E-state index is 13.2. The van der Waals surface area contributed by atoms with Gasteiger partial charge in [-0.05, 0) is 49.6 Å². The summed E-state index contributed by atoms with van der Waals surface area (Å²) in [7, 11) is 1.62. The minimum atomic E-state index is -0.398. The van der Waals surface area contributed by atoms with E-state index in [9.17, 15) is 9.59 Å². The summed E-state index contributed by atoms with van der Waals surface area (Å²) in [5, 5.41) is 0. The van der Waals surface area contributed by atoms with E-state index in [-0.39, 0.29) is 18.4 Å². The van der Waals surface area contributed by atoms with Crippen LogP contribution in [0, 0.1) is 6.92 Å². The lowest BCUT2D eigenvalue weighted by Gasteiger charge is -2.39. The molecule has 0 amide bonds. The molecule has 5 rings (SSSR count). The Morgan fingerprint density at radius 3 is 2.37 bits per heavy atom. The van der Waals surface area contributed by atoms with Gasteiger partial charge in [-0.25, -0.2) is 4.79 Å². The van der Waals surface area contributed by atoms with Crippen molar-refractivity contribution in [1.82, 2.24) is 0 Å². The molecule has 30 heavy (non-hydrogen) atoms. The topological polar surface area (TPSA) is 55.8 Å². The molecule has 0 radical (unpaired) electrons. The zero-order valence-electron chi connectivity index (χ0n) is 17.1. The van der Waals surface area contributed by atoms with Crippen LogP contribution < -0.4 is 9.64 Å². The van der Waals surface area contributed by atoms with E-state index in [1.165, 1.54) is 0 Å². The predicted octanol–water partition coefficient (Wildman–Crippen LogP) is 4.43. The first-order valence-electron chi connectivity index (χ1n) is 10.3. The standard InChI is InChI=1S/C25H23NO4/c1-15-6-10-17(11-7-15)26-19-4-3-5-21(27)23(19)22(24-20(26)14-30-25(24)28)16-8-12-18(29-2)13-9-16/h6-13,22H,3-5,14H2,1-2H3. The van der Waals surface area contributed by atoms with Gasteiger partial charge in [0, 0.05) is 29.3 Å². The number of rotatable bonds is 3. The number of ketones is 1. The normalized spacial score (nSPS) is 20.9. The van der Waals surface area contributed by atoms with Crippen LogP contribution in [0.25, 0.3) is 0 Å². The molecule has 0 saturated carbocycles. The number of nitrogens with zero attached hydrogens (tertiary/aromatic N) is 1. The Balaban J connectivity index is 1.73. The smallest absolute Gasteiger partial charge is 0.337 e. The molecule has 2 aromatic rings. The lowest BCUT2D eigenvalue weighted by atomic mass is 9.75. The maximum Gasteiger partial charge on any atom is 0.337 e. The number of esters is 1. The second-order valence-electron chi connectivity index (χ2n) is 7.95. The van der Waals surface area contributed by atoms with Gasteiger partial charge in [0.2, 0.25) is 0 Å². The van der Waals surface area contributed by atoms with Crippen molar-refractivity contribution in [3.63, 3.8) is 0 Å². The van der Waals surface area contributed by atoms with Gasteiger partial charge in [0.15, 0.2) is 5.78 Å². The second-order valence-corrected chi connectivity index (χ2v) is 7.95. The van der Waals surface area contributed by atoms with Gasteiger partial charge in [0.1, 0.15) is 12.4 Å². The second kappa shape index (κ2) is 7.17. The van der Waals surface area contributed by atoms with Crippen LogP contribution in [0.1, 0.15) is 36.3 Å². The van der Waals surface area contributed by atoms with Gasteiger partial charge in [0.05, 0.1) is 18.4 Å². The van der Waals surface area contributed by atoms with Crippen LogP contribution in [-0.2, 0) is 14.3 Å². The average Bonchev–Trinajstić information content (AvgIpc) is 3.14. The van der Waals surface area contributed by atoms with Gasteiger partial charge < -0.3 is 14.4 Å². The lowest BCUT2D eigenvalue weighted by Crippen LogP contribution is -2.36. The Bertz CT molecular complexity index is 1090. The van der Waals surface area contributed by atoms with Crippen molar-refractivity contribution in [3.8, 4) is 5.75 Å². The van der Waals surface area contributed by atoms with E-state index in [2.05, 4.69) is 4.90 Å². The molecule has 1 aliphatic carbocycles. The summed E-state index contributed by atoms with van der Waals surface area (Å²) >= 11 is 0. The highest BCUT2D eigenvalue weighted by Gasteiger charge is 2.46. The molecule has 5 nitrogen and oxygen atoms in total. The van der Waals surface area contributed by atoms with E-state index in [0.29, 0.717) is 12.0 Å². The first kappa shape index (κ1) is 18.7. The number of anilines is 1. The maximum atomic E-state index is 13.2. The van der Waals surface area contributed by atoms with Crippen LogP contribution in [0.5, 0.6) is 5.75 Å². The number of benzene rings is 2. The number of aryl methyl sites for hydroxylation is 1. The van der Waals surface area contributed by atoms with Gasteiger partial charge in [-0.1, -0.05) is 29.8 Å². The fraction of sp³-hybridized carbons (Fsp3) is 0.280. The molecule has 0 bridgehead atoms. The number of carbonyl (C=O) groups excluding carboxylic acids is 2. The first-order valence-corrected chi connectivity index (χ1v) is 10.3. The van der Waals surface area contributed by atoms with Gasteiger partial charge in [-0.15, -0.1) is 0 Å². The van der Waals surface area contributed by atoms with Crippen LogP contribution in [0.4, 0.5) is 5.69 Å². The zero-order chi connectivity index (χ0) is 20.8. The van der Waals surface area contributed by atoms with E-state index >= 15 is 0 Å². The van der Waals surface area contributed by atoms with Gasteiger partial charge in [-0.2, -0.15) is 0 Å². The molecule has 1 unspecified atom stereocenters. The summed E-state index contributed by atoms with van der Waals surface area (Å²) in [6.45, 7) is 2.26. The predicted molar refractivity (Wildman–Crippen MR) is 113 cm³/mol. The Morgan fingerprint density at radius 2 is 1.67 bits per heavy atom. The number of Topliss-reactive ketones (excluding diaryl/α,β-unsaturated/α-hetero) is 1. The Hall–Kier alpha value is -3.34. The highest BCUT2D eigenvalue weighted by molar-refractivity contribution is 6.06. The van der Waals surface area contributed by atoms with Crippen LogP contribution in [-0.4, -0.2) is 25.5 Å². The highest BCUT2D eigenvalue weighted by atomic mass is 16.5. The van der Waals surface area contributed by atoms with E-state index in [0.717, 1.165) is 52.4 Å². The van der Waals surface area contributed by atoms with Crippen molar-refractivity contribution in [3.05, 3.63) is 82.2 Å². The van der Waals surface area contributed by atoms with Gasteiger partial charge in [-0.3, -0.25) is 4.79 Å². The van der Waals surface area contributed by atoms with Crippen molar-refractivity contribution in [2.45, 2.75) is 32.1 Å². The first-order chi connectivity index (χ1) is 14.6. The largest absolute Gasteiger partial charge is 0.497 e. The number of hydrogen-bond donors (Lipinski definition) is 0. The summed E-state index contributed by atoms with van der Waals surface area (Å²) in [4.78, 5) is 28.1. The van der Waals surface area contributed by atoms with Gasteiger partial charge in [0.25, 0.3) is 0 Å². The quantitative estimate of drug-likeness (QED) is 0.713. The highest BCUT2D eigenvalue weighted by Crippen LogP contribution is 2.49. The number of methoxy groups -OCH3 is 1. The fourth-order valence-corrected chi connectivity index (χ4v) is 4.73. The van der Waals surface area contributed by atoms with Crippen molar-refractivity contribution >= 4 is 17.4 Å². The number of cyclic esters (lactones) is 1. The SMILES string of the molecule is COc1ccc(C2C3=C(CCCC3=O)N(c3ccc(C)cc3)C3=C2C(=O)OC3)cc1. The number of carbonyl (C=O) groups is 2. The molecule has 0 fully saturated rings. The number of ether oxygens (including phenoxy) is 2. The average molecular weight is 401 g/mol. The summed E-state index contributed by atoms with van der Waals surface area (Å²) in [6, 6.07) is 15.8. The van der Waals surface area contributed by atoms with Crippen LogP contribution >= 0.6 is 0 Å². The molecule has 2 aromatic carbocycles. The Labute approximate surface area is 175 Å². The van der Waals surface area contributed by atoms with Crippen LogP contribution in [0.15, 0.2) is 71.1 Å². The van der Waals surface area contributed by atoms with Crippen LogP contribution in [0.3, 0.4) is 0 Å². The molecule has 0 aromatic heterocycles. The van der Waals surface area contributed by atoms with E-state index in [1.807, 2.05) is 55.5 Å². The minimum absolute atomic E-state index is 0.112. The molecule has 0 saturated heterocycles. The summed E-state index contributed by atoms with van der Waals surface area (Å²) < 4.78 is 10.8. The molecule has 5 heteroatoms. The van der Waals surface area contributed by atoms with E-state index in [4.69, 9.17) is 9.47 Å². The Morgan fingerprint density at radius 1 is 0.933 bits per heavy atom. The molecule has 2 heterocycles. The molecule has 1 atom stereocenters. The number of allylic oxidation sites excluding steroid dienone is 2. The Kier molecular flexibility index (Phi) is 4.46. The van der Waals surface area contributed by atoms with Crippen molar-refractivity contribution < 1.29 is 19.1 Å². The third kappa shape index (κ3) is 2.84. The number of hydrogen-bond acceptors (Lipinski definition) is 5. The third-order valence-corrected chi connectivity index (χ3v) is 6.16. The fourth-order valence-electron chi connectivity index (χ4n) is 4.73. The molecule has 0 spiro atoms. The molecular formula is C25H23NO4. The van der Waals surface area contributed by atoms with Crippen molar-refractivity contribution in [1.29, 1.82) is 0 Å². The summed E-state index contributed by atoms with van der Waals surface area (Å²) in [5.74, 6) is 0.113. The molecule has 152 valence electrons. The van der Waals surface area contributed by atoms with E-state index < -0.39 is 5.92 Å². The lowest BCUT2D eigenvalue weighted by molar-refractivity contribution is -0.136. The zero-order valence-corrected chi connectivity index (χ0v) is 17.1. The van der Waals surface area contributed by atoms with Crippen molar-refractivity contribution in [2.24, 2.45) is 0 Å². The third-order valence-electron chi connectivity index (χ3n) is 6.16. The summed E-state index contributed by atoms with van der Waals surface area (Å²) in [5.41, 5.74) is 6.18. The minimum Gasteiger partial charge on any atom is -0.497 e. The van der Waals surface area contributed by atoms with Crippen LogP contribution in [0.2, 0.25) is 0 Å².